The second kappa shape index (κ2) is 7.21. The predicted molar refractivity (Wildman–Crippen MR) is 98.4 cm³/mol. The monoisotopic (exact) mass is 371 g/mol. The van der Waals surface area contributed by atoms with Crippen molar-refractivity contribution in [1.82, 2.24) is 5.32 Å². The third kappa shape index (κ3) is 3.39. The number of carbonyl (C=O) groups is 2. The van der Waals surface area contributed by atoms with Crippen LogP contribution in [0.25, 0.3) is 0 Å². The van der Waals surface area contributed by atoms with Crippen LogP contribution in [-0.2, 0) is 19.9 Å². The number of hydrogen-bond acceptors (Lipinski definition) is 5. The number of hydrogen-bond donors (Lipinski definition) is 1. The highest BCUT2D eigenvalue weighted by Gasteiger charge is 2.42. The zero-order valence-corrected chi connectivity index (χ0v) is 15.2. The lowest BCUT2D eigenvalue weighted by molar-refractivity contribution is -0.133. The lowest BCUT2D eigenvalue weighted by Gasteiger charge is -2.38. The van der Waals surface area contributed by atoms with Crippen molar-refractivity contribution in [3.8, 4) is 5.75 Å². The zero-order valence-electron chi connectivity index (χ0n) is 14.4. The first-order valence-electron chi connectivity index (χ1n) is 8.86. The Bertz CT molecular complexity index is 780. The Kier molecular flexibility index (Phi) is 4.78. The molecule has 2 aromatic rings. The molecule has 26 heavy (non-hydrogen) atoms. The van der Waals surface area contributed by atoms with Crippen LogP contribution in [0, 0.1) is 0 Å². The van der Waals surface area contributed by atoms with Crippen molar-refractivity contribution in [1.29, 1.82) is 0 Å². The SMILES string of the molecule is O=C1CC(=O)NC(c2ccsc2)(c2cccc(OC3CCOCC3)c2)C1. The van der Waals surface area contributed by atoms with Gasteiger partial charge < -0.3 is 14.8 Å². The molecule has 0 radical (unpaired) electrons. The maximum atomic E-state index is 12.3. The van der Waals surface area contributed by atoms with Crippen LogP contribution < -0.4 is 10.1 Å². The highest BCUT2D eigenvalue weighted by atomic mass is 32.1. The average Bonchev–Trinajstić information content (AvgIpc) is 3.17. The number of nitrogens with one attached hydrogen (secondary N) is 1. The van der Waals surface area contributed by atoms with Crippen LogP contribution in [0.15, 0.2) is 41.1 Å². The molecule has 1 aromatic heterocycles. The second-order valence-electron chi connectivity index (χ2n) is 6.82. The Labute approximate surface area is 156 Å². The molecule has 0 saturated carbocycles. The fourth-order valence-corrected chi connectivity index (χ4v) is 4.44. The van der Waals surface area contributed by atoms with E-state index < -0.39 is 5.54 Å². The van der Waals surface area contributed by atoms with E-state index in [2.05, 4.69) is 5.32 Å². The number of ketones is 1. The summed E-state index contributed by atoms with van der Waals surface area (Å²) in [6.45, 7) is 1.43. The van der Waals surface area contributed by atoms with E-state index in [-0.39, 0.29) is 30.6 Å². The molecule has 2 saturated heterocycles. The number of rotatable bonds is 4. The van der Waals surface area contributed by atoms with Crippen LogP contribution >= 0.6 is 11.3 Å². The van der Waals surface area contributed by atoms with Gasteiger partial charge in [-0.3, -0.25) is 9.59 Å². The molecule has 1 N–H and O–H groups in total. The summed E-state index contributed by atoms with van der Waals surface area (Å²) >= 11 is 1.55. The molecular weight excluding hydrogens is 350 g/mol. The van der Waals surface area contributed by atoms with Crippen molar-refractivity contribution in [3.63, 3.8) is 0 Å². The van der Waals surface area contributed by atoms with Gasteiger partial charge in [-0.1, -0.05) is 12.1 Å². The van der Waals surface area contributed by atoms with Gasteiger partial charge in [-0.15, -0.1) is 0 Å². The van der Waals surface area contributed by atoms with E-state index >= 15 is 0 Å². The second-order valence-corrected chi connectivity index (χ2v) is 7.60. The smallest absolute Gasteiger partial charge is 0.228 e. The van der Waals surface area contributed by atoms with Crippen LogP contribution in [0.2, 0.25) is 0 Å². The van der Waals surface area contributed by atoms with E-state index in [9.17, 15) is 9.59 Å². The molecule has 3 heterocycles. The number of thiophene rings is 1. The molecule has 1 amide bonds. The summed E-state index contributed by atoms with van der Waals surface area (Å²) in [5, 5.41) is 7.04. The van der Waals surface area contributed by atoms with Crippen molar-refractivity contribution in [2.75, 3.05) is 13.2 Å². The minimum Gasteiger partial charge on any atom is -0.490 e. The van der Waals surface area contributed by atoms with Crippen LogP contribution in [0.1, 0.15) is 36.8 Å². The first kappa shape index (κ1) is 17.2. The van der Waals surface area contributed by atoms with Crippen molar-refractivity contribution >= 4 is 23.0 Å². The van der Waals surface area contributed by atoms with Crippen molar-refractivity contribution in [2.45, 2.75) is 37.3 Å². The van der Waals surface area contributed by atoms with Crippen molar-refractivity contribution in [3.05, 3.63) is 52.2 Å². The maximum Gasteiger partial charge on any atom is 0.228 e. The standard InChI is InChI=1S/C20H21NO4S/c22-16-11-19(23)21-20(12-16,15-6-9-26-13-15)14-2-1-3-18(10-14)25-17-4-7-24-8-5-17/h1-3,6,9-10,13,17H,4-5,7-8,11-12H2,(H,21,23). The topological polar surface area (TPSA) is 64.6 Å². The largest absolute Gasteiger partial charge is 0.490 e. The van der Waals surface area contributed by atoms with Gasteiger partial charge in [-0.25, -0.2) is 0 Å². The number of Topliss-reactive ketones (excluding diaryl/α,β-unsaturated/α-hetero) is 1. The molecule has 1 atom stereocenters. The summed E-state index contributed by atoms with van der Waals surface area (Å²) in [4.78, 5) is 24.4. The molecule has 6 heteroatoms. The Hall–Kier alpha value is -2.18. The minimum atomic E-state index is -0.818. The fourth-order valence-electron chi connectivity index (χ4n) is 3.71. The molecule has 0 spiro atoms. The van der Waals surface area contributed by atoms with E-state index in [1.807, 2.05) is 41.1 Å². The van der Waals surface area contributed by atoms with Crippen molar-refractivity contribution in [2.24, 2.45) is 0 Å². The molecule has 1 unspecified atom stereocenters. The first-order chi connectivity index (χ1) is 12.7. The van der Waals surface area contributed by atoms with Gasteiger partial charge in [0.25, 0.3) is 0 Å². The zero-order chi connectivity index (χ0) is 18.0. The van der Waals surface area contributed by atoms with Gasteiger partial charge >= 0.3 is 0 Å². The fraction of sp³-hybridized carbons (Fsp3) is 0.400. The highest BCUT2D eigenvalue weighted by molar-refractivity contribution is 7.08. The van der Waals surface area contributed by atoms with E-state index in [0.29, 0.717) is 13.2 Å². The van der Waals surface area contributed by atoms with E-state index in [0.717, 1.165) is 29.7 Å². The number of ether oxygens (including phenoxy) is 2. The number of carbonyl (C=O) groups excluding carboxylic acids is 2. The van der Waals surface area contributed by atoms with E-state index in [1.165, 1.54) is 0 Å². The summed E-state index contributed by atoms with van der Waals surface area (Å²) in [6.07, 6.45) is 2.09. The normalized spacial score (nSPS) is 24.3. The Morgan fingerprint density at radius 2 is 2.00 bits per heavy atom. The quantitative estimate of drug-likeness (QED) is 0.839. The molecule has 0 aliphatic carbocycles. The van der Waals surface area contributed by atoms with Crippen LogP contribution in [0.4, 0.5) is 0 Å². The third-order valence-corrected chi connectivity index (χ3v) is 5.67. The summed E-state index contributed by atoms with van der Waals surface area (Å²) < 4.78 is 11.5. The molecule has 2 fully saturated rings. The summed E-state index contributed by atoms with van der Waals surface area (Å²) in [7, 11) is 0. The van der Waals surface area contributed by atoms with Crippen LogP contribution in [0.3, 0.4) is 0 Å². The first-order valence-corrected chi connectivity index (χ1v) is 9.80. The van der Waals surface area contributed by atoms with Crippen LogP contribution in [0.5, 0.6) is 5.75 Å². The molecule has 4 rings (SSSR count). The van der Waals surface area contributed by atoms with E-state index in [1.54, 1.807) is 11.3 Å². The number of piperidine rings is 1. The van der Waals surface area contributed by atoms with Gasteiger partial charge in [-0.05, 0) is 40.1 Å². The van der Waals surface area contributed by atoms with Gasteiger partial charge in [0.2, 0.25) is 5.91 Å². The number of benzene rings is 1. The van der Waals surface area contributed by atoms with Crippen LogP contribution in [-0.4, -0.2) is 31.0 Å². The lowest BCUT2D eigenvalue weighted by atomic mass is 9.77. The molecule has 0 bridgehead atoms. The van der Waals surface area contributed by atoms with Gasteiger partial charge in [0.15, 0.2) is 0 Å². The molecular formula is C20H21NO4S. The van der Waals surface area contributed by atoms with Gasteiger partial charge in [0.05, 0.1) is 25.2 Å². The third-order valence-electron chi connectivity index (χ3n) is 4.98. The predicted octanol–water partition coefficient (Wildman–Crippen LogP) is 3.03. The van der Waals surface area contributed by atoms with Crippen molar-refractivity contribution < 1.29 is 19.1 Å². The average molecular weight is 371 g/mol. The number of amides is 1. The summed E-state index contributed by atoms with van der Waals surface area (Å²) in [6, 6.07) is 9.71. The molecule has 5 nitrogen and oxygen atoms in total. The van der Waals surface area contributed by atoms with E-state index in [4.69, 9.17) is 9.47 Å². The van der Waals surface area contributed by atoms with Gasteiger partial charge in [-0.2, -0.15) is 11.3 Å². The molecule has 1 aromatic carbocycles. The highest BCUT2D eigenvalue weighted by Crippen LogP contribution is 2.38. The minimum absolute atomic E-state index is 0.0456. The van der Waals surface area contributed by atoms with Gasteiger partial charge in [0.1, 0.15) is 17.6 Å². The Morgan fingerprint density at radius 1 is 1.15 bits per heavy atom. The summed E-state index contributed by atoms with van der Waals surface area (Å²) in [5.74, 6) is 0.482. The molecule has 136 valence electrons. The summed E-state index contributed by atoms with van der Waals surface area (Å²) in [5.41, 5.74) is 0.996. The Balaban J connectivity index is 1.69. The molecule has 2 aliphatic heterocycles. The Morgan fingerprint density at radius 3 is 2.73 bits per heavy atom. The lowest BCUT2D eigenvalue weighted by Crippen LogP contribution is -2.52. The maximum absolute atomic E-state index is 12.3. The molecule has 2 aliphatic rings. The van der Waals surface area contributed by atoms with Gasteiger partial charge in [0, 0.05) is 19.3 Å².